The number of hydrogen-bond acceptors (Lipinski definition) is 6. The molecule has 2 aromatic heterocycles. The molecular weight excluding hydrogens is 324 g/mol. The number of pyridine rings is 1. The van der Waals surface area contributed by atoms with Gasteiger partial charge in [-0.25, -0.2) is 14.5 Å². The Morgan fingerprint density at radius 1 is 1.36 bits per heavy atom. The van der Waals surface area contributed by atoms with Crippen molar-refractivity contribution in [3.8, 4) is 0 Å². The van der Waals surface area contributed by atoms with Crippen molar-refractivity contribution in [1.29, 1.82) is 0 Å². The van der Waals surface area contributed by atoms with E-state index in [1.165, 1.54) is 18.3 Å². The van der Waals surface area contributed by atoms with Gasteiger partial charge < -0.3 is 9.64 Å². The summed E-state index contributed by atoms with van der Waals surface area (Å²) in [4.78, 5) is 33.1. The van der Waals surface area contributed by atoms with Crippen LogP contribution in [-0.4, -0.2) is 55.8 Å². The number of likely N-dealkylation sites (N-methyl/N-ethyl adjacent to an activating group) is 1. The number of aromatic nitrogens is 4. The minimum absolute atomic E-state index is 0.161. The van der Waals surface area contributed by atoms with Gasteiger partial charge in [-0.2, -0.15) is 0 Å². The number of amides is 2. The van der Waals surface area contributed by atoms with E-state index in [0.717, 1.165) is 5.56 Å². The number of carbonyl (C=O) groups excluding carboxylic acids is 2. The minimum atomic E-state index is -0.617. The van der Waals surface area contributed by atoms with E-state index in [1.807, 2.05) is 12.1 Å². The van der Waals surface area contributed by atoms with E-state index < -0.39 is 17.6 Å². The van der Waals surface area contributed by atoms with Gasteiger partial charge in [-0.3, -0.25) is 15.1 Å². The highest BCUT2D eigenvalue weighted by Gasteiger charge is 2.21. The zero-order valence-corrected chi connectivity index (χ0v) is 14.8. The fourth-order valence-corrected chi connectivity index (χ4v) is 1.89. The molecule has 0 aromatic carbocycles. The van der Waals surface area contributed by atoms with E-state index in [1.54, 1.807) is 37.8 Å². The first-order valence-corrected chi connectivity index (χ1v) is 7.75. The molecule has 0 aliphatic carbocycles. The topological polar surface area (TPSA) is 102 Å². The fraction of sp³-hybridized carbons (Fsp3) is 0.438. The second-order valence-corrected chi connectivity index (χ2v) is 6.51. The first-order chi connectivity index (χ1) is 11.7. The predicted octanol–water partition coefficient (Wildman–Crippen LogP) is 1.53. The van der Waals surface area contributed by atoms with Crippen LogP contribution in [0.25, 0.3) is 0 Å². The Kier molecular flexibility index (Phi) is 5.68. The Hall–Kier alpha value is -2.97. The number of anilines is 1. The second-order valence-electron chi connectivity index (χ2n) is 6.51. The SMILES string of the molecule is CN(CC(=O)Nc1ncn(Cc2cccnc2)n1)C(=O)OC(C)(C)C. The zero-order valence-electron chi connectivity index (χ0n) is 14.8. The first-order valence-electron chi connectivity index (χ1n) is 7.75. The third-order valence-electron chi connectivity index (χ3n) is 2.94. The van der Waals surface area contributed by atoms with Crippen molar-refractivity contribution in [2.24, 2.45) is 0 Å². The molecule has 2 rings (SSSR count). The van der Waals surface area contributed by atoms with Crippen LogP contribution in [0.2, 0.25) is 0 Å². The molecule has 9 nitrogen and oxygen atoms in total. The molecule has 0 bridgehead atoms. The monoisotopic (exact) mass is 346 g/mol. The van der Waals surface area contributed by atoms with E-state index >= 15 is 0 Å². The van der Waals surface area contributed by atoms with Crippen LogP contribution in [0.3, 0.4) is 0 Å². The van der Waals surface area contributed by atoms with Crippen molar-refractivity contribution in [2.75, 3.05) is 18.9 Å². The largest absolute Gasteiger partial charge is 0.444 e. The molecule has 0 saturated heterocycles. The van der Waals surface area contributed by atoms with E-state index in [9.17, 15) is 9.59 Å². The Bertz CT molecular complexity index is 723. The summed E-state index contributed by atoms with van der Waals surface area (Å²) in [5, 5.41) is 6.72. The van der Waals surface area contributed by atoms with E-state index in [0.29, 0.717) is 6.54 Å². The van der Waals surface area contributed by atoms with Gasteiger partial charge in [0.1, 0.15) is 18.5 Å². The van der Waals surface area contributed by atoms with Gasteiger partial charge in [0.2, 0.25) is 11.9 Å². The number of nitrogens with one attached hydrogen (secondary N) is 1. The van der Waals surface area contributed by atoms with Gasteiger partial charge in [0, 0.05) is 19.4 Å². The highest BCUT2D eigenvalue weighted by atomic mass is 16.6. The standard InChI is InChI=1S/C16H22N6O3/c1-16(2,3)25-15(24)21(4)10-13(23)19-14-18-11-22(20-14)9-12-6-5-7-17-8-12/h5-8,11H,9-10H2,1-4H3,(H,19,20,23). The fourth-order valence-electron chi connectivity index (χ4n) is 1.89. The molecule has 0 radical (unpaired) electrons. The number of hydrogen-bond donors (Lipinski definition) is 1. The molecule has 0 aliphatic rings. The van der Waals surface area contributed by atoms with Gasteiger partial charge >= 0.3 is 6.09 Å². The smallest absolute Gasteiger partial charge is 0.410 e. The van der Waals surface area contributed by atoms with Crippen molar-refractivity contribution in [3.63, 3.8) is 0 Å². The molecule has 2 heterocycles. The summed E-state index contributed by atoms with van der Waals surface area (Å²) in [6, 6.07) is 3.75. The molecule has 9 heteroatoms. The Labute approximate surface area is 146 Å². The molecule has 2 aromatic rings. The molecule has 0 saturated carbocycles. The Morgan fingerprint density at radius 2 is 2.12 bits per heavy atom. The number of carbonyl (C=O) groups is 2. The molecule has 25 heavy (non-hydrogen) atoms. The Morgan fingerprint density at radius 3 is 2.76 bits per heavy atom. The van der Waals surface area contributed by atoms with Gasteiger partial charge in [-0.15, -0.1) is 5.10 Å². The summed E-state index contributed by atoms with van der Waals surface area (Å²) < 4.78 is 6.77. The van der Waals surface area contributed by atoms with Crippen LogP contribution in [0.1, 0.15) is 26.3 Å². The lowest BCUT2D eigenvalue weighted by Gasteiger charge is -2.24. The average Bonchev–Trinajstić information content (AvgIpc) is 2.93. The lowest BCUT2D eigenvalue weighted by Crippen LogP contribution is -2.38. The summed E-state index contributed by atoms with van der Waals surface area (Å²) in [6.07, 6.45) is 4.37. The highest BCUT2D eigenvalue weighted by Crippen LogP contribution is 2.09. The van der Waals surface area contributed by atoms with Crippen molar-refractivity contribution >= 4 is 17.9 Å². The molecule has 134 valence electrons. The molecular formula is C16H22N6O3. The maximum Gasteiger partial charge on any atom is 0.410 e. The zero-order chi connectivity index (χ0) is 18.4. The van der Waals surface area contributed by atoms with Crippen molar-refractivity contribution in [2.45, 2.75) is 32.9 Å². The molecule has 0 aliphatic heterocycles. The van der Waals surface area contributed by atoms with Gasteiger partial charge in [0.05, 0.1) is 6.54 Å². The summed E-state index contributed by atoms with van der Waals surface area (Å²) in [7, 11) is 1.49. The molecule has 1 N–H and O–H groups in total. The van der Waals surface area contributed by atoms with Gasteiger partial charge in [0.15, 0.2) is 0 Å². The van der Waals surface area contributed by atoms with Gasteiger partial charge in [-0.05, 0) is 32.4 Å². The van der Waals surface area contributed by atoms with Crippen LogP contribution >= 0.6 is 0 Å². The van der Waals surface area contributed by atoms with Crippen LogP contribution < -0.4 is 5.32 Å². The number of ether oxygens (including phenoxy) is 1. The quantitative estimate of drug-likeness (QED) is 0.881. The average molecular weight is 346 g/mol. The van der Waals surface area contributed by atoms with Crippen LogP contribution in [0.15, 0.2) is 30.9 Å². The number of rotatable bonds is 5. The van der Waals surface area contributed by atoms with Crippen LogP contribution in [-0.2, 0) is 16.1 Å². The lowest BCUT2D eigenvalue weighted by atomic mass is 10.2. The molecule has 0 unspecified atom stereocenters. The third kappa shape index (κ3) is 6.21. The molecule has 0 atom stereocenters. The third-order valence-corrected chi connectivity index (χ3v) is 2.94. The van der Waals surface area contributed by atoms with Crippen molar-refractivity contribution in [3.05, 3.63) is 36.4 Å². The normalized spacial score (nSPS) is 11.0. The maximum atomic E-state index is 12.0. The maximum absolute atomic E-state index is 12.0. The second kappa shape index (κ2) is 7.73. The summed E-state index contributed by atoms with van der Waals surface area (Å²) in [6.45, 7) is 5.62. The van der Waals surface area contributed by atoms with E-state index in [-0.39, 0.29) is 12.5 Å². The molecule has 2 amide bonds. The lowest BCUT2D eigenvalue weighted by molar-refractivity contribution is -0.117. The van der Waals surface area contributed by atoms with E-state index in [4.69, 9.17) is 4.74 Å². The Balaban J connectivity index is 1.85. The van der Waals surface area contributed by atoms with Crippen molar-refractivity contribution < 1.29 is 14.3 Å². The van der Waals surface area contributed by atoms with E-state index in [2.05, 4.69) is 20.4 Å². The predicted molar refractivity (Wildman–Crippen MR) is 90.9 cm³/mol. The van der Waals surface area contributed by atoms with Crippen LogP contribution in [0, 0.1) is 0 Å². The first kappa shape index (κ1) is 18.4. The summed E-state index contributed by atoms with van der Waals surface area (Å²) in [5.74, 6) is -0.237. The minimum Gasteiger partial charge on any atom is -0.444 e. The van der Waals surface area contributed by atoms with Gasteiger partial charge in [0.25, 0.3) is 0 Å². The molecule has 0 fully saturated rings. The summed E-state index contributed by atoms with van der Waals surface area (Å²) in [5.41, 5.74) is 0.351. The number of nitrogens with zero attached hydrogens (tertiary/aromatic N) is 5. The summed E-state index contributed by atoms with van der Waals surface area (Å²) >= 11 is 0. The van der Waals surface area contributed by atoms with Crippen LogP contribution in [0.5, 0.6) is 0 Å². The van der Waals surface area contributed by atoms with Gasteiger partial charge in [-0.1, -0.05) is 6.07 Å². The molecule has 0 spiro atoms. The highest BCUT2D eigenvalue weighted by molar-refractivity contribution is 5.92. The van der Waals surface area contributed by atoms with Crippen LogP contribution in [0.4, 0.5) is 10.7 Å². The van der Waals surface area contributed by atoms with Crippen molar-refractivity contribution in [1.82, 2.24) is 24.6 Å².